The van der Waals surface area contributed by atoms with E-state index in [-0.39, 0.29) is 39.4 Å². The van der Waals surface area contributed by atoms with Crippen molar-refractivity contribution in [2.24, 2.45) is 13.0 Å². The van der Waals surface area contributed by atoms with Gasteiger partial charge in [-0.3, -0.25) is 9.48 Å². The van der Waals surface area contributed by atoms with Crippen molar-refractivity contribution in [3.8, 4) is 11.7 Å². The van der Waals surface area contributed by atoms with Crippen molar-refractivity contribution in [2.45, 2.75) is 30.5 Å². The van der Waals surface area contributed by atoms with Crippen molar-refractivity contribution < 1.29 is 31.1 Å². The van der Waals surface area contributed by atoms with Crippen molar-refractivity contribution in [3.05, 3.63) is 47.0 Å². The van der Waals surface area contributed by atoms with Gasteiger partial charge in [0.05, 0.1) is 17.2 Å². The molecule has 1 N–H and O–H groups in total. The first-order valence-corrected chi connectivity index (χ1v) is 11.2. The molecule has 10 nitrogen and oxygen atoms in total. The van der Waals surface area contributed by atoms with Crippen LogP contribution in [0.25, 0.3) is 5.82 Å². The molecule has 0 bridgehead atoms. The molecule has 2 atom stereocenters. The Kier molecular flexibility index (Phi) is 5.60. The van der Waals surface area contributed by atoms with E-state index in [1.54, 1.807) is 7.05 Å². The van der Waals surface area contributed by atoms with Crippen LogP contribution in [0.5, 0.6) is 5.88 Å². The smallest absolute Gasteiger partial charge is 0.395 e. The number of hydrogen-bond acceptors (Lipinski definition) is 7. The van der Waals surface area contributed by atoms with E-state index in [1.807, 2.05) is 4.72 Å². The van der Waals surface area contributed by atoms with E-state index >= 15 is 0 Å². The maximum atomic E-state index is 12.6. The van der Waals surface area contributed by atoms with Crippen molar-refractivity contribution >= 4 is 27.5 Å². The number of amides is 1. The van der Waals surface area contributed by atoms with E-state index in [0.29, 0.717) is 0 Å². The molecule has 0 unspecified atom stereocenters. The van der Waals surface area contributed by atoms with Gasteiger partial charge >= 0.3 is 6.18 Å². The molecule has 0 radical (unpaired) electrons. The summed E-state index contributed by atoms with van der Waals surface area (Å²) < 4.78 is 72.5. The molecule has 1 aliphatic rings. The summed E-state index contributed by atoms with van der Waals surface area (Å²) in [5.41, 5.74) is 0.00184. The second kappa shape index (κ2) is 8.02. The number of alkyl halides is 3. The molecule has 4 rings (SSSR count). The highest BCUT2D eigenvalue weighted by molar-refractivity contribution is 7.90. The molecule has 0 aliphatic heterocycles. The standard InChI is InChI=1S/C18H16ClF3N6O4S/c1-9-13(8-27(2)24-9)33(30,31)26-17(29)10-3-4-14(23-16(10)19)28-6-5-15(25-28)32-12-7-11(12)18(20,21)22/h3-6,8,11-12H,7H2,1-2H3,(H,26,29)/t11-,12+/m0/s1. The summed E-state index contributed by atoms with van der Waals surface area (Å²) in [7, 11) is -2.66. The molecule has 176 valence electrons. The zero-order valence-corrected chi connectivity index (χ0v) is 18.6. The van der Waals surface area contributed by atoms with Gasteiger partial charge in [0.25, 0.3) is 15.9 Å². The van der Waals surface area contributed by atoms with Crippen LogP contribution in [0.15, 0.2) is 35.5 Å². The highest BCUT2D eigenvalue weighted by Crippen LogP contribution is 2.46. The van der Waals surface area contributed by atoms with Crippen LogP contribution in [-0.4, -0.2) is 51.2 Å². The number of aryl methyl sites for hydroxylation is 2. The molecule has 0 saturated heterocycles. The minimum Gasteiger partial charge on any atom is -0.473 e. The minimum absolute atomic E-state index is 0.0237. The number of carbonyl (C=O) groups is 1. The SMILES string of the molecule is Cc1nn(C)cc1S(=O)(=O)NC(=O)c1ccc(-n2ccc(O[C@@H]3C[C@@H]3C(F)(F)F)n2)nc1Cl. The van der Waals surface area contributed by atoms with E-state index in [1.165, 1.54) is 46.9 Å². The van der Waals surface area contributed by atoms with Crippen LogP contribution < -0.4 is 9.46 Å². The molecule has 1 aliphatic carbocycles. The number of aromatic nitrogens is 5. The third kappa shape index (κ3) is 4.80. The first-order valence-electron chi connectivity index (χ1n) is 9.38. The number of carbonyl (C=O) groups excluding carboxylic acids is 1. The van der Waals surface area contributed by atoms with Crippen LogP contribution >= 0.6 is 11.6 Å². The summed E-state index contributed by atoms with van der Waals surface area (Å²) in [6.45, 7) is 1.48. The Bertz CT molecular complexity index is 1340. The Balaban J connectivity index is 1.47. The summed E-state index contributed by atoms with van der Waals surface area (Å²) in [6.07, 6.45) is -2.78. The molecule has 0 aromatic carbocycles. The van der Waals surface area contributed by atoms with Crippen LogP contribution in [0.3, 0.4) is 0 Å². The Morgan fingerprint density at radius 3 is 2.58 bits per heavy atom. The fourth-order valence-corrected chi connectivity index (χ4v) is 4.51. The number of rotatable bonds is 6. The predicted octanol–water partition coefficient (Wildman–Crippen LogP) is 2.41. The van der Waals surface area contributed by atoms with E-state index < -0.39 is 34.1 Å². The molecule has 3 aromatic rings. The average Bonchev–Trinajstić information content (AvgIpc) is 3.17. The first kappa shape index (κ1) is 23.0. The van der Waals surface area contributed by atoms with Gasteiger partial charge in [-0.25, -0.2) is 22.8 Å². The molecule has 15 heteroatoms. The number of hydrogen-bond donors (Lipinski definition) is 1. The second-order valence-corrected chi connectivity index (χ2v) is 9.34. The number of nitrogens with one attached hydrogen (secondary N) is 1. The summed E-state index contributed by atoms with van der Waals surface area (Å²) in [5.74, 6) is -2.40. The van der Waals surface area contributed by atoms with Crippen LogP contribution in [0, 0.1) is 12.8 Å². The van der Waals surface area contributed by atoms with Gasteiger partial charge in [-0.15, -0.1) is 5.10 Å². The topological polar surface area (TPSA) is 121 Å². The highest BCUT2D eigenvalue weighted by Gasteiger charge is 2.58. The van der Waals surface area contributed by atoms with Crippen molar-refractivity contribution in [2.75, 3.05) is 0 Å². The maximum Gasteiger partial charge on any atom is 0.395 e. The Morgan fingerprint density at radius 2 is 2.00 bits per heavy atom. The van der Waals surface area contributed by atoms with Gasteiger partial charge in [0.15, 0.2) is 5.82 Å². The van der Waals surface area contributed by atoms with Crippen molar-refractivity contribution in [3.63, 3.8) is 0 Å². The molecule has 1 fully saturated rings. The van der Waals surface area contributed by atoms with Gasteiger partial charge in [-0.1, -0.05) is 11.6 Å². The molecule has 3 aromatic heterocycles. The number of sulfonamides is 1. The second-order valence-electron chi connectivity index (χ2n) is 7.33. The van der Waals surface area contributed by atoms with Crippen molar-refractivity contribution in [1.82, 2.24) is 29.3 Å². The van der Waals surface area contributed by atoms with E-state index in [0.717, 1.165) is 0 Å². The predicted molar refractivity (Wildman–Crippen MR) is 108 cm³/mol. The summed E-state index contributed by atoms with van der Waals surface area (Å²) in [5, 5.41) is 7.63. The molecule has 33 heavy (non-hydrogen) atoms. The summed E-state index contributed by atoms with van der Waals surface area (Å²) in [6, 6.07) is 3.95. The van der Waals surface area contributed by atoms with Crippen molar-refractivity contribution in [1.29, 1.82) is 0 Å². The maximum absolute atomic E-state index is 12.6. The monoisotopic (exact) mass is 504 g/mol. The van der Waals surface area contributed by atoms with Crippen LogP contribution in [0.1, 0.15) is 22.5 Å². The van der Waals surface area contributed by atoms with Gasteiger partial charge in [-0.2, -0.15) is 18.3 Å². The van der Waals surface area contributed by atoms with Crippen LogP contribution in [0.2, 0.25) is 5.15 Å². The molecular weight excluding hydrogens is 489 g/mol. The zero-order valence-electron chi connectivity index (χ0n) is 17.0. The number of nitrogens with zero attached hydrogens (tertiary/aromatic N) is 5. The van der Waals surface area contributed by atoms with E-state index in [2.05, 4.69) is 15.2 Å². The van der Waals surface area contributed by atoms with E-state index in [9.17, 15) is 26.4 Å². The Morgan fingerprint density at radius 1 is 1.27 bits per heavy atom. The minimum atomic E-state index is -4.32. The van der Waals surface area contributed by atoms with Gasteiger partial charge < -0.3 is 4.74 Å². The lowest BCUT2D eigenvalue weighted by Crippen LogP contribution is -2.31. The van der Waals surface area contributed by atoms with Gasteiger partial charge in [-0.05, 0) is 25.5 Å². The molecule has 1 amide bonds. The lowest BCUT2D eigenvalue weighted by atomic mass is 10.3. The van der Waals surface area contributed by atoms with Crippen LogP contribution in [0.4, 0.5) is 13.2 Å². The zero-order chi connectivity index (χ0) is 24.1. The van der Waals surface area contributed by atoms with Crippen LogP contribution in [-0.2, 0) is 17.1 Å². The lowest BCUT2D eigenvalue weighted by molar-refractivity contribution is -0.153. The third-order valence-electron chi connectivity index (χ3n) is 4.79. The van der Waals surface area contributed by atoms with Gasteiger partial charge in [0.2, 0.25) is 5.88 Å². The number of pyridine rings is 1. The normalized spacial score (nSPS) is 18.2. The summed E-state index contributed by atoms with van der Waals surface area (Å²) in [4.78, 5) is 16.3. The quantitative estimate of drug-likeness (QED) is 0.512. The average molecular weight is 505 g/mol. The Hall–Kier alpha value is -3.13. The Labute approximate surface area is 190 Å². The fourth-order valence-electron chi connectivity index (χ4n) is 3.09. The number of halogens is 4. The lowest BCUT2D eigenvalue weighted by Gasteiger charge is -2.08. The highest BCUT2D eigenvalue weighted by atomic mass is 35.5. The fraction of sp³-hybridized carbons (Fsp3) is 0.333. The molecule has 0 spiro atoms. The van der Waals surface area contributed by atoms with Gasteiger partial charge in [0, 0.05) is 25.5 Å². The molecule has 3 heterocycles. The molecular formula is C18H16ClF3N6O4S. The first-order chi connectivity index (χ1) is 15.3. The van der Waals surface area contributed by atoms with E-state index in [4.69, 9.17) is 16.3 Å². The molecule has 1 saturated carbocycles. The summed E-state index contributed by atoms with van der Waals surface area (Å²) >= 11 is 6.07. The largest absolute Gasteiger partial charge is 0.473 e. The third-order valence-corrected chi connectivity index (χ3v) is 6.51. The number of ether oxygens (including phenoxy) is 1. The van der Waals surface area contributed by atoms with Gasteiger partial charge in [0.1, 0.15) is 16.2 Å².